The zero-order valence-corrected chi connectivity index (χ0v) is 10.8. The summed E-state index contributed by atoms with van der Waals surface area (Å²) in [5, 5.41) is 0. The molecular formula is C15H12FNO3. The van der Waals surface area contributed by atoms with Crippen LogP contribution in [0.5, 0.6) is 11.5 Å². The van der Waals surface area contributed by atoms with Gasteiger partial charge in [-0.2, -0.15) is 0 Å². The van der Waals surface area contributed by atoms with Crippen LogP contribution in [0.25, 0.3) is 0 Å². The van der Waals surface area contributed by atoms with Crippen LogP contribution in [0.15, 0.2) is 42.5 Å². The third-order valence-electron chi connectivity index (χ3n) is 3.15. The van der Waals surface area contributed by atoms with Crippen molar-refractivity contribution >= 4 is 11.6 Å². The van der Waals surface area contributed by atoms with Crippen LogP contribution in [0.4, 0.5) is 10.1 Å². The van der Waals surface area contributed by atoms with E-state index in [2.05, 4.69) is 0 Å². The Balaban J connectivity index is 1.91. The predicted octanol–water partition coefficient (Wildman–Crippen LogP) is 2.83. The molecule has 2 aromatic carbocycles. The van der Waals surface area contributed by atoms with Crippen molar-refractivity contribution in [3.05, 3.63) is 53.8 Å². The molecule has 1 aliphatic heterocycles. The van der Waals surface area contributed by atoms with Gasteiger partial charge in [-0.25, -0.2) is 4.39 Å². The number of rotatable bonds is 2. The molecule has 5 heteroatoms. The molecule has 1 amide bonds. The summed E-state index contributed by atoms with van der Waals surface area (Å²) in [7, 11) is 1.59. The second-order valence-electron chi connectivity index (χ2n) is 4.38. The first-order valence-electron chi connectivity index (χ1n) is 6.09. The van der Waals surface area contributed by atoms with E-state index in [1.165, 1.54) is 17.0 Å². The average molecular weight is 273 g/mol. The first kappa shape index (κ1) is 12.5. The van der Waals surface area contributed by atoms with Gasteiger partial charge in [0, 0.05) is 18.8 Å². The molecule has 0 atom stereocenters. The Kier molecular flexibility index (Phi) is 3.02. The van der Waals surface area contributed by atoms with Crippen LogP contribution in [0.3, 0.4) is 0 Å². The smallest absolute Gasteiger partial charge is 0.260 e. The molecule has 2 aromatic rings. The first-order chi connectivity index (χ1) is 9.66. The minimum atomic E-state index is -0.537. The second kappa shape index (κ2) is 4.85. The number of carbonyl (C=O) groups excluding carboxylic acids is 1. The molecule has 0 aromatic heterocycles. The van der Waals surface area contributed by atoms with Gasteiger partial charge < -0.3 is 14.4 Å². The van der Waals surface area contributed by atoms with Gasteiger partial charge in [-0.1, -0.05) is 12.1 Å². The van der Waals surface area contributed by atoms with E-state index >= 15 is 0 Å². The third-order valence-corrected chi connectivity index (χ3v) is 3.15. The van der Waals surface area contributed by atoms with Crippen molar-refractivity contribution in [1.29, 1.82) is 0 Å². The number of fused-ring (bicyclic) bond motifs is 1. The molecular weight excluding hydrogens is 261 g/mol. The summed E-state index contributed by atoms with van der Waals surface area (Å²) < 4.78 is 24.1. The van der Waals surface area contributed by atoms with Gasteiger partial charge in [0.1, 0.15) is 5.82 Å². The van der Waals surface area contributed by atoms with E-state index in [4.69, 9.17) is 9.47 Å². The Morgan fingerprint density at radius 2 is 1.90 bits per heavy atom. The lowest BCUT2D eigenvalue weighted by molar-refractivity contribution is 0.0989. The van der Waals surface area contributed by atoms with Crippen LogP contribution < -0.4 is 14.4 Å². The Bertz CT molecular complexity index is 672. The summed E-state index contributed by atoms with van der Waals surface area (Å²) >= 11 is 0. The van der Waals surface area contributed by atoms with Gasteiger partial charge in [-0.05, 0) is 24.3 Å². The van der Waals surface area contributed by atoms with Crippen molar-refractivity contribution in [2.75, 3.05) is 18.7 Å². The van der Waals surface area contributed by atoms with Crippen LogP contribution in [-0.2, 0) is 0 Å². The molecule has 0 N–H and O–H groups in total. The van der Waals surface area contributed by atoms with Gasteiger partial charge in [0.05, 0.1) is 5.56 Å². The van der Waals surface area contributed by atoms with E-state index in [0.717, 1.165) is 0 Å². The van der Waals surface area contributed by atoms with Gasteiger partial charge in [-0.3, -0.25) is 4.79 Å². The van der Waals surface area contributed by atoms with E-state index in [-0.39, 0.29) is 12.4 Å². The molecule has 0 radical (unpaired) electrons. The van der Waals surface area contributed by atoms with Crippen LogP contribution in [-0.4, -0.2) is 19.7 Å². The van der Waals surface area contributed by atoms with Gasteiger partial charge in [0.15, 0.2) is 11.5 Å². The summed E-state index contributed by atoms with van der Waals surface area (Å²) in [5.41, 5.74) is 0.648. The van der Waals surface area contributed by atoms with Crippen molar-refractivity contribution in [2.24, 2.45) is 0 Å². The molecule has 20 heavy (non-hydrogen) atoms. The number of benzene rings is 2. The maximum absolute atomic E-state index is 13.6. The number of anilines is 1. The molecule has 0 bridgehead atoms. The van der Waals surface area contributed by atoms with E-state index in [9.17, 15) is 9.18 Å². The Morgan fingerprint density at radius 1 is 1.15 bits per heavy atom. The van der Waals surface area contributed by atoms with Crippen molar-refractivity contribution in [3.63, 3.8) is 0 Å². The lowest BCUT2D eigenvalue weighted by Gasteiger charge is -2.18. The van der Waals surface area contributed by atoms with Gasteiger partial charge >= 0.3 is 0 Å². The zero-order chi connectivity index (χ0) is 14.1. The van der Waals surface area contributed by atoms with Gasteiger partial charge in [0.2, 0.25) is 6.79 Å². The maximum Gasteiger partial charge on any atom is 0.260 e. The highest BCUT2D eigenvalue weighted by Crippen LogP contribution is 2.35. The summed E-state index contributed by atoms with van der Waals surface area (Å²) in [6.45, 7) is 0.170. The quantitative estimate of drug-likeness (QED) is 0.844. The fourth-order valence-corrected chi connectivity index (χ4v) is 2.03. The van der Waals surface area contributed by atoms with E-state index in [1.54, 1.807) is 37.4 Å². The number of hydrogen-bond acceptors (Lipinski definition) is 3. The standard InChI is InChI=1S/C15H12FNO3/c1-17(15(18)11-4-2-3-5-12(11)16)10-6-7-13-14(8-10)20-9-19-13/h2-8H,9H2,1H3. The Hall–Kier alpha value is -2.56. The zero-order valence-electron chi connectivity index (χ0n) is 10.8. The molecule has 0 spiro atoms. The molecule has 102 valence electrons. The first-order valence-corrected chi connectivity index (χ1v) is 6.09. The molecule has 1 aliphatic rings. The second-order valence-corrected chi connectivity index (χ2v) is 4.38. The fourth-order valence-electron chi connectivity index (χ4n) is 2.03. The van der Waals surface area contributed by atoms with E-state index in [0.29, 0.717) is 17.2 Å². The van der Waals surface area contributed by atoms with Crippen molar-refractivity contribution in [3.8, 4) is 11.5 Å². The maximum atomic E-state index is 13.6. The highest BCUT2D eigenvalue weighted by Gasteiger charge is 2.20. The lowest BCUT2D eigenvalue weighted by atomic mass is 10.1. The highest BCUT2D eigenvalue weighted by atomic mass is 19.1. The van der Waals surface area contributed by atoms with E-state index < -0.39 is 11.7 Å². The number of amides is 1. The summed E-state index contributed by atoms with van der Waals surface area (Å²) in [6, 6.07) is 11.1. The van der Waals surface area contributed by atoms with Gasteiger partial charge in [0.25, 0.3) is 5.91 Å². The van der Waals surface area contributed by atoms with Crippen LogP contribution in [0.2, 0.25) is 0 Å². The number of hydrogen-bond donors (Lipinski definition) is 0. The Morgan fingerprint density at radius 3 is 2.70 bits per heavy atom. The summed E-state index contributed by atoms with van der Waals surface area (Å²) in [5.74, 6) is 0.267. The van der Waals surface area contributed by atoms with E-state index in [1.807, 2.05) is 0 Å². The SMILES string of the molecule is CN(C(=O)c1ccccc1F)c1ccc2c(c1)OCO2. The highest BCUT2D eigenvalue weighted by molar-refractivity contribution is 6.06. The normalized spacial score (nSPS) is 12.3. The monoisotopic (exact) mass is 273 g/mol. The number of carbonyl (C=O) groups is 1. The topological polar surface area (TPSA) is 38.8 Å². The molecule has 4 nitrogen and oxygen atoms in total. The van der Waals surface area contributed by atoms with Crippen molar-refractivity contribution in [2.45, 2.75) is 0 Å². The Labute approximate surface area is 115 Å². The number of ether oxygens (including phenoxy) is 2. The largest absolute Gasteiger partial charge is 0.454 e. The lowest BCUT2D eigenvalue weighted by Crippen LogP contribution is -2.27. The van der Waals surface area contributed by atoms with Crippen LogP contribution in [0, 0.1) is 5.82 Å². The third kappa shape index (κ3) is 2.07. The summed E-state index contributed by atoms with van der Waals surface area (Å²) in [6.07, 6.45) is 0. The molecule has 0 saturated carbocycles. The molecule has 0 saturated heterocycles. The minimum absolute atomic E-state index is 0.0349. The average Bonchev–Trinajstić information content (AvgIpc) is 2.93. The molecule has 0 fully saturated rings. The predicted molar refractivity (Wildman–Crippen MR) is 71.7 cm³/mol. The van der Waals surface area contributed by atoms with Gasteiger partial charge in [-0.15, -0.1) is 0 Å². The van der Waals surface area contributed by atoms with Crippen LogP contribution >= 0.6 is 0 Å². The molecule has 0 aliphatic carbocycles. The molecule has 0 unspecified atom stereocenters. The number of nitrogens with zero attached hydrogens (tertiary/aromatic N) is 1. The summed E-state index contributed by atoms with van der Waals surface area (Å²) in [4.78, 5) is 13.7. The molecule has 3 rings (SSSR count). The van der Waals surface area contributed by atoms with Crippen LogP contribution in [0.1, 0.15) is 10.4 Å². The minimum Gasteiger partial charge on any atom is -0.454 e. The number of halogens is 1. The molecule has 1 heterocycles. The fraction of sp³-hybridized carbons (Fsp3) is 0.133. The van der Waals surface area contributed by atoms with Crippen molar-refractivity contribution in [1.82, 2.24) is 0 Å². The van der Waals surface area contributed by atoms with Crippen molar-refractivity contribution < 1.29 is 18.7 Å².